The van der Waals surface area contributed by atoms with Gasteiger partial charge in [-0.1, -0.05) is 25.5 Å². The molecule has 1 saturated carbocycles. The molecule has 0 aromatic carbocycles. The molecule has 140 valence electrons. The lowest BCUT2D eigenvalue weighted by atomic mass is 9.48. The lowest BCUT2D eigenvalue weighted by Gasteiger charge is -2.56. The summed E-state index contributed by atoms with van der Waals surface area (Å²) in [7, 11) is 1.53. The van der Waals surface area contributed by atoms with Gasteiger partial charge in [0.1, 0.15) is 6.61 Å². The van der Waals surface area contributed by atoms with Gasteiger partial charge in [-0.25, -0.2) is 0 Å². The zero-order chi connectivity index (χ0) is 18.0. The second-order valence-electron chi connectivity index (χ2n) is 8.45. The minimum Gasteiger partial charge on any atom is -0.375 e. The number of carbonyl (C=O) groups is 2. The number of hydrogen-bond donors (Lipinski definition) is 1. The Hall–Kier alpha value is -1.36. The highest BCUT2D eigenvalue weighted by Crippen LogP contribution is 2.59. The number of likely N-dealkylation sites (tertiary alicyclic amines) is 1. The number of carbonyl (C=O) groups excluding carboxylic acids is 2. The van der Waals surface area contributed by atoms with Gasteiger partial charge in [-0.2, -0.15) is 0 Å². The zero-order valence-corrected chi connectivity index (χ0v) is 15.8. The monoisotopic (exact) mass is 348 g/mol. The number of methoxy groups -OCH3 is 1. The van der Waals surface area contributed by atoms with Gasteiger partial charge in [0.25, 0.3) is 0 Å². The molecule has 1 N–H and O–H groups in total. The fourth-order valence-corrected chi connectivity index (χ4v) is 4.84. The number of ether oxygens (including phenoxy) is 1. The minimum atomic E-state index is 0.0204. The van der Waals surface area contributed by atoms with Crippen LogP contribution in [-0.4, -0.2) is 50.1 Å². The summed E-state index contributed by atoms with van der Waals surface area (Å²) in [6.45, 7) is 6.95. The van der Waals surface area contributed by atoms with Crippen molar-refractivity contribution in [2.45, 2.75) is 46.0 Å². The van der Waals surface area contributed by atoms with Gasteiger partial charge >= 0.3 is 0 Å². The standard InChI is InChI=1S/C20H32N2O3/c1-20(2)16-5-4-14(17(20)12-16)6-9-21-19(24)15-7-10-22(11-8-15)18(23)13-25-3/h4,15-17H,5-13H2,1-3H3,(H,21,24). The number of fused-ring (bicyclic) bond motifs is 1. The highest BCUT2D eigenvalue weighted by atomic mass is 16.5. The molecule has 0 aromatic heterocycles. The van der Waals surface area contributed by atoms with E-state index in [-0.39, 0.29) is 24.3 Å². The second-order valence-corrected chi connectivity index (χ2v) is 8.45. The van der Waals surface area contributed by atoms with Crippen molar-refractivity contribution in [3.05, 3.63) is 11.6 Å². The predicted molar refractivity (Wildman–Crippen MR) is 96.9 cm³/mol. The van der Waals surface area contributed by atoms with Crippen LogP contribution < -0.4 is 5.32 Å². The maximum absolute atomic E-state index is 12.4. The number of piperidine rings is 1. The van der Waals surface area contributed by atoms with E-state index < -0.39 is 0 Å². The summed E-state index contributed by atoms with van der Waals surface area (Å²) in [6.07, 6.45) is 7.44. The Kier molecular flexibility index (Phi) is 5.52. The van der Waals surface area contributed by atoms with E-state index in [2.05, 4.69) is 25.2 Å². The molecule has 25 heavy (non-hydrogen) atoms. The smallest absolute Gasteiger partial charge is 0.248 e. The van der Waals surface area contributed by atoms with Crippen LogP contribution in [0.5, 0.6) is 0 Å². The van der Waals surface area contributed by atoms with Gasteiger partial charge in [-0.15, -0.1) is 0 Å². The van der Waals surface area contributed by atoms with E-state index in [0.717, 1.165) is 37.6 Å². The molecule has 4 rings (SSSR count). The topological polar surface area (TPSA) is 58.6 Å². The summed E-state index contributed by atoms with van der Waals surface area (Å²) < 4.78 is 4.89. The zero-order valence-electron chi connectivity index (χ0n) is 15.8. The van der Waals surface area contributed by atoms with E-state index in [1.54, 1.807) is 10.5 Å². The van der Waals surface area contributed by atoms with E-state index in [1.165, 1.54) is 20.0 Å². The van der Waals surface area contributed by atoms with Gasteiger partial charge in [-0.3, -0.25) is 9.59 Å². The maximum atomic E-state index is 12.4. The summed E-state index contributed by atoms with van der Waals surface area (Å²) in [5.74, 6) is 1.80. The molecular weight excluding hydrogens is 316 g/mol. The van der Waals surface area contributed by atoms with Gasteiger partial charge in [0, 0.05) is 32.7 Å². The van der Waals surface area contributed by atoms with E-state index >= 15 is 0 Å². The molecule has 0 radical (unpaired) electrons. The summed E-state index contributed by atoms with van der Waals surface area (Å²) in [5.41, 5.74) is 2.00. The molecule has 2 amide bonds. The molecule has 2 fully saturated rings. The fraction of sp³-hybridized carbons (Fsp3) is 0.800. The first-order valence-corrected chi connectivity index (χ1v) is 9.66. The first-order chi connectivity index (χ1) is 11.9. The lowest BCUT2D eigenvalue weighted by Crippen LogP contribution is -2.48. The Balaban J connectivity index is 1.38. The van der Waals surface area contributed by atoms with E-state index in [4.69, 9.17) is 4.74 Å². The number of hydrogen-bond acceptors (Lipinski definition) is 3. The van der Waals surface area contributed by atoms with E-state index in [9.17, 15) is 9.59 Å². The lowest BCUT2D eigenvalue weighted by molar-refractivity contribution is -0.138. The number of amides is 2. The number of nitrogens with one attached hydrogen (secondary N) is 1. The van der Waals surface area contributed by atoms with Crippen LogP contribution >= 0.6 is 0 Å². The molecule has 2 bridgehead atoms. The molecule has 1 saturated heterocycles. The maximum Gasteiger partial charge on any atom is 0.248 e. The van der Waals surface area contributed by atoms with E-state index in [0.29, 0.717) is 18.5 Å². The van der Waals surface area contributed by atoms with Crippen molar-refractivity contribution in [3.8, 4) is 0 Å². The Labute approximate surface area is 151 Å². The van der Waals surface area contributed by atoms with Crippen molar-refractivity contribution >= 4 is 11.8 Å². The largest absolute Gasteiger partial charge is 0.375 e. The van der Waals surface area contributed by atoms with Crippen molar-refractivity contribution in [1.82, 2.24) is 10.2 Å². The van der Waals surface area contributed by atoms with Gasteiger partial charge in [0.05, 0.1) is 0 Å². The molecule has 1 heterocycles. The summed E-state index contributed by atoms with van der Waals surface area (Å²) >= 11 is 0. The molecule has 5 nitrogen and oxygen atoms in total. The van der Waals surface area contributed by atoms with Gasteiger partial charge in [-0.05, 0) is 49.4 Å². The van der Waals surface area contributed by atoms with Crippen LogP contribution in [0.3, 0.4) is 0 Å². The van der Waals surface area contributed by atoms with Crippen molar-refractivity contribution in [2.75, 3.05) is 33.4 Å². The highest BCUT2D eigenvalue weighted by molar-refractivity contribution is 5.80. The molecule has 2 unspecified atom stereocenters. The fourth-order valence-electron chi connectivity index (χ4n) is 4.84. The highest BCUT2D eigenvalue weighted by Gasteiger charge is 2.50. The minimum absolute atomic E-state index is 0.0204. The number of rotatable bonds is 6. The first kappa shape index (κ1) is 18.4. The van der Waals surface area contributed by atoms with Crippen LogP contribution in [0, 0.1) is 23.2 Å². The first-order valence-electron chi connectivity index (χ1n) is 9.66. The third-order valence-corrected chi connectivity index (χ3v) is 6.78. The molecule has 0 aromatic rings. The van der Waals surface area contributed by atoms with Gasteiger partial charge < -0.3 is 15.0 Å². The van der Waals surface area contributed by atoms with Crippen molar-refractivity contribution < 1.29 is 14.3 Å². The van der Waals surface area contributed by atoms with E-state index in [1.807, 2.05) is 0 Å². The number of allylic oxidation sites excluding steroid dienone is 1. The van der Waals surface area contributed by atoms with Gasteiger partial charge in [0.2, 0.25) is 11.8 Å². The summed E-state index contributed by atoms with van der Waals surface area (Å²) in [6, 6.07) is 0. The summed E-state index contributed by atoms with van der Waals surface area (Å²) in [4.78, 5) is 26.0. The van der Waals surface area contributed by atoms with Crippen LogP contribution in [0.2, 0.25) is 0 Å². The Morgan fingerprint density at radius 1 is 1.32 bits per heavy atom. The Morgan fingerprint density at radius 2 is 2.04 bits per heavy atom. The third-order valence-electron chi connectivity index (χ3n) is 6.78. The molecule has 1 aliphatic heterocycles. The average Bonchev–Trinajstić information content (AvgIpc) is 2.62. The van der Waals surface area contributed by atoms with Crippen molar-refractivity contribution in [2.24, 2.45) is 23.2 Å². The molecule has 3 aliphatic carbocycles. The predicted octanol–water partition coefficient (Wildman–Crippen LogP) is 2.37. The van der Waals surface area contributed by atoms with Crippen LogP contribution in [0.15, 0.2) is 11.6 Å². The van der Waals surface area contributed by atoms with Crippen molar-refractivity contribution in [3.63, 3.8) is 0 Å². The third kappa shape index (κ3) is 3.76. The van der Waals surface area contributed by atoms with Crippen LogP contribution in [0.25, 0.3) is 0 Å². The normalized spacial score (nSPS) is 28.1. The quantitative estimate of drug-likeness (QED) is 0.750. The second kappa shape index (κ2) is 7.48. The Morgan fingerprint density at radius 3 is 2.64 bits per heavy atom. The average molecular weight is 348 g/mol. The SMILES string of the molecule is COCC(=O)N1CCC(C(=O)NCCC2=CCC3CC2C3(C)C)CC1. The van der Waals surface area contributed by atoms with Crippen LogP contribution in [0.4, 0.5) is 0 Å². The molecule has 2 atom stereocenters. The Bertz CT molecular complexity index is 547. The van der Waals surface area contributed by atoms with Crippen LogP contribution in [0.1, 0.15) is 46.0 Å². The molecular formula is C20H32N2O3. The number of nitrogens with zero attached hydrogens (tertiary/aromatic N) is 1. The molecule has 4 aliphatic rings. The molecule has 0 spiro atoms. The van der Waals surface area contributed by atoms with Crippen LogP contribution in [-0.2, 0) is 14.3 Å². The molecule has 5 heteroatoms. The van der Waals surface area contributed by atoms with Gasteiger partial charge in [0.15, 0.2) is 0 Å². The van der Waals surface area contributed by atoms with Crippen molar-refractivity contribution in [1.29, 1.82) is 0 Å². The summed E-state index contributed by atoms with van der Waals surface area (Å²) in [5, 5.41) is 3.13.